The van der Waals surface area contributed by atoms with Gasteiger partial charge in [0.15, 0.2) is 0 Å². The number of hydrogen-bond donors (Lipinski definition) is 1. The average molecular weight is 280 g/mol. The summed E-state index contributed by atoms with van der Waals surface area (Å²) in [5, 5.41) is 3.44. The molecule has 20 heavy (non-hydrogen) atoms. The minimum Gasteiger partial charge on any atom is -0.339 e. The van der Waals surface area contributed by atoms with E-state index < -0.39 is 0 Å². The van der Waals surface area contributed by atoms with Crippen LogP contribution in [0.4, 0.5) is 0 Å². The van der Waals surface area contributed by atoms with Crippen LogP contribution < -0.4 is 5.32 Å². The maximum atomic E-state index is 12.9. The molecular formula is C17H32N2O. The molecule has 2 aliphatic heterocycles. The van der Waals surface area contributed by atoms with Crippen molar-refractivity contribution in [3.63, 3.8) is 0 Å². The molecule has 2 aliphatic rings. The van der Waals surface area contributed by atoms with Crippen molar-refractivity contribution in [3.8, 4) is 0 Å². The Kier molecular flexibility index (Phi) is 6.34. The van der Waals surface area contributed by atoms with Crippen LogP contribution in [0.1, 0.15) is 65.2 Å². The van der Waals surface area contributed by atoms with Gasteiger partial charge >= 0.3 is 0 Å². The first-order valence-electron chi connectivity index (χ1n) is 8.79. The fourth-order valence-electron chi connectivity index (χ4n) is 4.11. The predicted octanol–water partition coefficient (Wildman–Crippen LogP) is 3.19. The zero-order valence-electron chi connectivity index (χ0n) is 13.4. The Labute approximate surface area is 124 Å². The monoisotopic (exact) mass is 280 g/mol. The van der Waals surface area contributed by atoms with Crippen LogP contribution in [0.2, 0.25) is 0 Å². The highest BCUT2D eigenvalue weighted by atomic mass is 16.2. The van der Waals surface area contributed by atoms with Crippen LogP contribution in [-0.4, -0.2) is 36.5 Å². The molecule has 0 spiro atoms. The summed E-state index contributed by atoms with van der Waals surface area (Å²) in [4.78, 5) is 15.2. The standard InChI is InChI=1S/C17H32N2O/c1-3-6-15(7-4-2)17(20)19-13-5-8-16(19)14-9-11-18-12-10-14/h14-16,18H,3-13H2,1-2H3. The number of hydrogen-bond acceptors (Lipinski definition) is 2. The normalized spacial score (nSPS) is 24.6. The Balaban J connectivity index is 1.98. The molecule has 2 saturated heterocycles. The average Bonchev–Trinajstić information content (AvgIpc) is 2.96. The van der Waals surface area contributed by atoms with Crippen LogP contribution in [0.25, 0.3) is 0 Å². The smallest absolute Gasteiger partial charge is 0.225 e. The summed E-state index contributed by atoms with van der Waals surface area (Å²) in [6, 6.07) is 0.542. The van der Waals surface area contributed by atoms with E-state index in [2.05, 4.69) is 24.1 Å². The summed E-state index contributed by atoms with van der Waals surface area (Å²) in [6.07, 6.45) is 9.35. The van der Waals surface area contributed by atoms with E-state index >= 15 is 0 Å². The third kappa shape index (κ3) is 3.75. The predicted molar refractivity (Wildman–Crippen MR) is 83.6 cm³/mol. The Hall–Kier alpha value is -0.570. The second-order valence-electron chi connectivity index (χ2n) is 6.60. The molecule has 116 valence electrons. The number of rotatable bonds is 6. The molecule has 0 saturated carbocycles. The maximum Gasteiger partial charge on any atom is 0.225 e. The van der Waals surface area contributed by atoms with Crippen LogP contribution >= 0.6 is 0 Å². The van der Waals surface area contributed by atoms with Gasteiger partial charge in [0.1, 0.15) is 0 Å². The lowest BCUT2D eigenvalue weighted by molar-refractivity contribution is -0.138. The van der Waals surface area contributed by atoms with Gasteiger partial charge in [-0.25, -0.2) is 0 Å². The van der Waals surface area contributed by atoms with Gasteiger partial charge in [-0.2, -0.15) is 0 Å². The van der Waals surface area contributed by atoms with Crippen molar-refractivity contribution in [2.24, 2.45) is 11.8 Å². The van der Waals surface area contributed by atoms with Gasteiger partial charge in [0.2, 0.25) is 5.91 Å². The van der Waals surface area contributed by atoms with Crippen molar-refractivity contribution < 1.29 is 4.79 Å². The first-order valence-corrected chi connectivity index (χ1v) is 8.79. The summed E-state index contributed by atoms with van der Waals surface area (Å²) in [5.41, 5.74) is 0. The molecule has 2 rings (SSSR count). The van der Waals surface area contributed by atoms with Crippen molar-refractivity contribution in [2.75, 3.05) is 19.6 Å². The van der Waals surface area contributed by atoms with Crippen LogP contribution in [0.3, 0.4) is 0 Å². The third-order valence-electron chi connectivity index (χ3n) is 5.13. The number of likely N-dealkylation sites (tertiary alicyclic amines) is 1. The summed E-state index contributed by atoms with van der Waals surface area (Å²) in [5.74, 6) is 1.49. The van der Waals surface area contributed by atoms with Gasteiger partial charge in [-0.1, -0.05) is 26.7 Å². The molecule has 1 atom stereocenters. The van der Waals surface area contributed by atoms with Crippen LogP contribution in [0.5, 0.6) is 0 Å². The molecule has 0 aromatic heterocycles. The SMILES string of the molecule is CCCC(CCC)C(=O)N1CCCC1C1CCNCC1. The lowest BCUT2D eigenvalue weighted by Gasteiger charge is -2.36. The molecule has 0 aromatic carbocycles. The quantitative estimate of drug-likeness (QED) is 0.810. The number of amides is 1. The molecule has 0 bridgehead atoms. The number of piperidine rings is 1. The van der Waals surface area contributed by atoms with Gasteiger partial charge in [-0.15, -0.1) is 0 Å². The molecule has 2 fully saturated rings. The van der Waals surface area contributed by atoms with Gasteiger partial charge in [0.25, 0.3) is 0 Å². The Morgan fingerprint density at radius 2 is 1.80 bits per heavy atom. The number of nitrogens with one attached hydrogen (secondary N) is 1. The topological polar surface area (TPSA) is 32.3 Å². The second-order valence-corrected chi connectivity index (χ2v) is 6.60. The molecule has 2 heterocycles. The highest BCUT2D eigenvalue weighted by molar-refractivity contribution is 5.79. The molecule has 0 radical (unpaired) electrons. The lowest BCUT2D eigenvalue weighted by Crippen LogP contribution is -2.45. The van der Waals surface area contributed by atoms with E-state index in [0.29, 0.717) is 11.9 Å². The molecule has 0 aliphatic carbocycles. The number of carbonyl (C=O) groups is 1. The molecule has 1 amide bonds. The van der Waals surface area contributed by atoms with Gasteiger partial charge in [-0.3, -0.25) is 4.79 Å². The largest absolute Gasteiger partial charge is 0.339 e. The molecule has 3 heteroatoms. The van der Waals surface area contributed by atoms with E-state index in [1.165, 1.54) is 25.7 Å². The van der Waals surface area contributed by atoms with Crippen LogP contribution in [0, 0.1) is 11.8 Å². The fraction of sp³-hybridized carbons (Fsp3) is 0.941. The Bertz CT molecular complexity index is 293. The molecule has 3 nitrogen and oxygen atoms in total. The summed E-state index contributed by atoms with van der Waals surface area (Å²) >= 11 is 0. The van der Waals surface area contributed by atoms with E-state index in [4.69, 9.17) is 0 Å². The molecule has 1 N–H and O–H groups in total. The lowest BCUT2D eigenvalue weighted by atomic mass is 9.87. The number of nitrogens with zero attached hydrogens (tertiary/aromatic N) is 1. The highest BCUT2D eigenvalue weighted by Gasteiger charge is 2.37. The van der Waals surface area contributed by atoms with Crippen molar-refractivity contribution in [2.45, 2.75) is 71.3 Å². The van der Waals surface area contributed by atoms with E-state index in [9.17, 15) is 4.79 Å². The van der Waals surface area contributed by atoms with E-state index in [1.807, 2.05) is 0 Å². The fourth-order valence-corrected chi connectivity index (χ4v) is 4.11. The maximum absolute atomic E-state index is 12.9. The van der Waals surface area contributed by atoms with E-state index in [0.717, 1.165) is 51.2 Å². The summed E-state index contributed by atoms with van der Waals surface area (Å²) in [7, 11) is 0. The summed E-state index contributed by atoms with van der Waals surface area (Å²) in [6.45, 7) is 7.68. The van der Waals surface area contributed by atoms with Crippen molar-refractivity contribution in [3.05, 3.63) is 0 Å². The van der Waals surface area contributed by atoms with Gasteiger partial charge < -0.3 is 10.2 Å². The molecule has 1 unspecified atom stereocenters. The van der Waals surface area contributed by atoms with Crippen LogP contribution in [0.15, 0.2) is 0 Å². The molecular weight excluding hydrogens is 248 g/mol. The van der Waals surface area contributed by atoms with Crippen molar-refractivity contribution >= 4 is 5.91 Å². The van der Waals surface area contributed by atoms with Gasteiger partial charge in [-0.05, 0) is 57.5 Å². The van der Waals surface area contributed by atoms with Crippen molar-refractivity contribution in [1.82, 2.24) is 10.2 Å². The minimum absolute atomic E-state index is 0.285. The van der Waals surface area contributed by atoms with Gasteiger partial charge in [0.05, 0.1) is 0 Å². The number of carbonyl (C=O) groups excluding carboxylic acids is 1. The second kappa shape index (κ2) is 8.02. The van der Waals surface area contributed by atoms with Crippen molar-refractivity contribution in [1.29, 1.82) is 0 Å². The highest BCUT2D eigenvalue weighted by Crippen LogP contribution is 2.31. The molecule has 0 aromatic rings. The van der Waals surface area contributed by atoms with Gasteiger partial charge in [0, 0.05) is 18.5 Å². The zero-order chi connectivity index (χ0) is 14.4. The minimum atomic E-state index is 0.285. The third-order valence-corrected chi connectivity index (χ3v) is 5.13. The first kappa shape index (κ1) is 15.8. The Morgan fingerprint density at radius 1 is 1.15 bits per heavy atom. The van der Waals surface area contributed by atoms with E-state index in [1.54, 1.807) is 0 Å². The summed E-state index contributed by atoms with van der Waals surface area (Å²) < 4.78 is 0. The first-order chi connectivity index (χ1) is 9.77. The zero-order valence-corrected chi connectivity index (χ0v) is 13.4. The van der Waals surface area contributed by atoms with E-state index in [-0.39, 0.29) is 5.92 Å². The Morgan fingerprint density at radius 3 is 2.40 bits per heavy atom. The van der Waals surface area contributed by atoms with Crippen LogP contribution in [-0.2, 0) is 4.79 Å².